The Kier molecular flexibility index (Phi) is 9.12. The van der Waals surface area contributed by atoms with Gasteiger partial charge in [-0.1, -0.05) is 24.1 Å². The Hall–Kier alpha value is -5.55. The van der Waals surface area contributed by atoms with Crippen molar-refractivity contribution in [3.8, 4) is 35.3 Å². The quantitative estimate of drug-likeness (QED) is 0.159. The fraction of sp³-hybridized carbons (Fsp3) is 0.265. The van der Waals surface area contributed by atoms with Gasteiger partial charge in [-0.2, -0.15) is 0 Å². The predicted octanol–water partition coefficient (Wildman–Crippen LogP) is 4.19. The maximum atomic E-state index is 13.2. The molecule has 0 saturated carbocycles. The van der Waals surface area contributed by atoms with Gasteiger partial charge in [0.15, 0.2) is 23.6 Å². The fourth-order valence-electron chi connectivity index (χ4n) is 5.34. The molecule has 0 aliphatic carbocycles. The van der Waals surface area contributed by atoms with Gasteiger partial charge in [-0.25, -0.2) is 9.59 Å². The van der Waals surface area contributed by atoms with E-state index < -0.39 is 59.3 Å². The van der Waals surface area contributed by atoms with E-state index in [0.29, 0.717) is 11.3 Å². The largest absolute Gasteiger partial charge is 0.505 e. The molecule has 244 valence electrons. The van der Waals surface area contributed by atoms with Gasteiger partial charge >= 0.3 is 11.7 Å². The number of hydrogen-bond acceptors (Lipinski definition) is 11. The number of benzene rings is 3. The van der Waals surface area contributed by atoms with Gasteiger partial charge in [0.25, 0.3) is 5.91 Å². The molecule has 4 aromatic rings. The van der Waals surface area contributed by atoms with E-state index in [1.165, 1.54) is 37.4 Å². The molecule has 1 aliphatic heterocycles. The number of rotatable bonds is 8. The van der Waals surface area contributed by atoms with Gasteiger partial charge in [-0.15, -0.1) is 6.42 Å². The van der Waals surface area contributed by atoms with Crippen LogP contribution in [0.5, 0.6) is 23.0 Å². The maximum Gasteiger partial charge on any atom is 0.404 e. The first kappa shape index (κ1) is 32.8. The van der Waals surface area contributed by atoms with E-state index in [2.05, 4.69) is 11.2 Å². The van der Waals surface area contributed by atoms with Crippen LogP contribution in [0.25, 0.3) is 11.0 Å². The third kappa shape index (κ3) is 6.56. The molecule has 5 N–H and O–H groups in total. The predicted molar refractivity (Wildman–Crippen MR) is 169 cm³/mol. The van der Waals surface area contributed by atoms with E-state index in [9.17, 15) is 24.6 Å². The number of aliphatic hydroxyl groups is 1. The molecule has 1 aromatic heterocycles. The van der Waals surface area contributed by atoms with Crippen LogP contribution in [0.2, 0.25) is 0 Å². The SMILES string of the molecule is C#Cc1ccc(C(=O)Nc2c(O)c3ccc(O[C@@H]4OC(C)(C)[C@H](OC)[C@@H](OC(N)=O)[C@H]4O)c(C)c3oc2=O)cc1Oc1ccccc1. The zero-order chi connectivity index (χ0) is 34.0. The first-order valence-corrected chi connectivity index (χ1v) is 14.3. The van der Waals surface area contributed by atoms with Crippen LogP contribution >= 0.6 is 0 Å². The first-order chi connectivity index (χ1) is 22.3. The lowest BCUT2D eigenvalue weighted by atomic mass is 9.89. The van der Waals surface area contributed by atoms with Gasteiger partial charge in [0.2, 0.25) is 6.29 Å². The van der Waals surface area contributed by atoms with Crippen LogP contribution in [-0.2, 0) is 14.2 Å². The number of aryl methyl sites for hydroxylation is 1. The van der Waals surface area contributed by atoms with Crippen LogP contribution < -0.4 is 26.1 Å². The highest BCUT2D eigenvalue weighted by molar-refractivity contribution is 6.06. The Morgan fingerprint density at radius 3 is 2.47 bits per heavy atom. The number of hydrogen-bond donors (Lipinski definition) is 4. The minimum absolute atomic E-state index is 0.0517. The Labute approximate surface area is 268 Å². The number of fused-ring (bicyclic) bond motifs is 1. The highest BCUT2D eigenvalue weighted by atomic mass is 16.7. The third-order valence-corrected chi connectivity index (χ3v) is 7.62. The summed E-state index contributed by atoms with van der Waals surface area (Å²) in [4.78, 5) is 37.8. The number of para-hydroxylation sites is 1. The minimum Gasteiger partial charge on any atom is -0.505 e. The van der Waals surface area contributed by atoms with E-state index in [0.717, 1.165) is 0 Å². The summed E-state index contributed by atoms with van der Waals surface area (Å²) in [6, 6.07) is 16.1. The van der Waals surface area contributed by atoms with E-state index in [1.54, 1.807) is 45.0 Å². The fourth-order valence-corrected chi connectivity index (χ4v) is 5.34. The minimum atomic E-state index is -1.53. The van der Waals surface area contributed by atoms with Gasteiger partial charge in [0.1, 0.15) is 28.9 Å². The summed E-state index contributed by atoms with van der Waals surface area (Å²) in [7, 11) is 1.37. The molecule has 47 heavy (non-hydrogen) atoms. The van der Waals surface area contributed by atoms with Crippen LogP contribution in [0.4, 0.5) is 10.5 Å². The number of carbonyl (C=O) groups excluding carboxylic acids is 2. The number of nitrogens with two attached hydrogens (primary N) is 1. The zero-order valence-corrected chi connectivity index (χ0v) is 25.8. The van der Waals surface area contributed by atoms with Crippen LogP contribution in [-0.4, -0.2) is 59.5 Å². The molecule has 0 radical (unpaired) electrons. The van der Waals surface area contributed by atoms with Crippen molar-refractivity contribution < 1.29 is 47.9 Å². The molecule has 0 bridgehead atoms. The number of amides is 2. The smallest absolute Gasteiger partial charge is 0.404 e. The van der Waals surface area contributed by atoms with Crippen molar-refractivity contribution in [2.24, 2.45) is 5.73 Å². The highest BCUT2D eigenvalue weighted by Crippen LogP contribution is 2.38. The van der Waals surface area contributed by atoms with Gasteiger partial charge < -0.3 is 49.4 Å². The summed E-state index contributed by atoms with van der Waals surface area (Å²) in [6.07, 6.45) is -0.534. The van der Waals surface area contributed by atoms with Gasteiger partial charge in [0.05, 0.1) is 16.6 Å². The lowest BCUT2D eigenvalue weighted by Crippen LogP contribution is -2.65. The van der Waals surface area contributed by atoms with Crippen molar-refractivity contribution in [2.75, 3.05) is 12.4 Å². The van der Waals surface area contributed by atoms with Crippen LogP contribution in [0.1, 0.15) is 35.3 Å². The molecule has 3 aromatic carbocycles. The second-order valence-electron chi connectivity index (χ2n) is 11.2. The van der Waals surface area contributed by atoms with Crippen LogP contribution in [0.15, 0.2) is 69.9 Å². The molecular weight excluding hydrogens is 612 g/mol. The molecule has 4 atom stereocenters. The monoisotopic (exact) mass is 644 g/mol. The van der Waals surface area contributed by atoms with Gasteiger partial charge in [0, 0.05) is 18.2 Å². The van der Waals surface area contributed by atoms with Crippen molar-refractivity contribution >= 4 is 28.7 Å². The number of terminal acetylenes is 1. The number of aromatic hydroxyl groups is 1. The zero-order valence-electron chi connectivity index (χ0n) is 25.8. The number of ether oxygens (including phenoxy) is 5. The standard InChI is InChI=1S/C34H32N2O11/c1-6-18-12-13-19(16-23(18)43-20-10-8-7-9-11-20)30(39)36-24-25(37)21-14-15-22(17(2)27(21)45-31(24)40)44-32-26(38)28(46-33(35)41)29(42-5)34(3,4)47-32/h1,7-16,26,28-29,32,37-38H,2-5H3,(H2,35,41)(H,36,39)/t26-,28+,29-,32-/m1/s1. The van der Waals surface area contributed by atoms with E-state index in [-0.39, 0.29) is 33.6 Å². The molecule has 0 unspecified atom stereocenters. The topological polar surface area (TPSA) is 189 Å². The lowest BCUT2D eigenvalue weighted by molar-refractivity contribution is -0.304. The summed E-state index contributed by atoms with van der Waals surface area (Å²) in [5, 5.41) is 24.5. The Morgan fingerprint density at radius 1 is 1.09 bits per heavy atom. The molecule has 13 nitrogen and oxygen atoms in total. The van der Waals surface area contributed by atoms with E-state index in [1.807, 2.05) is 6.07 Å². The molecule has 0 spiro atoms. The summed E-state index contributed by atoms with van der Waals surface area (Å²) < 4.78 is 33.8. The second-order valence-corrected chi connectivity index (χ2v) is 11.2. The Bertz CT molecular complexity index is 1930. The number of carbonyl (C=O) groups is 2. The molecule has 1 saturated heterocycles. The van der Waals surface area contributed by atoms with Crippen LogP contribution in [0, 0.1) is 19.3 Å². The Balaban J connectivity index is 1.42. The van der Waals surface area contributed by atoms with Crippen molar-refractivity contribution in [2.45, 2.75) is 51.0 Å². The van der Waals surface area contributed by atoms with Crippen LogP contribution in [0.3, 0.4) is 0 Å². The Morgan fingerprint density at radius 2 is 1.81 bits per heavy atom. The number of primary amides is 1. The molecule has 5 rings (SSSR count). The summed E-state index contributed by atoms with van der Waals surface area (Å²) in [5.74, 6) is 2.07. The van der Waals surface area contributed by atoms with Crippen molar-refractivity contribution in [1.82, 2.24) is 0 Å². The number of methoxy groups -OCH3 is 1. The normalized spacial score (nSPS) is 20.2. The number of nitrogens with one attached hydrogen (secondary N) is 1. The van der Waals surface area contributed by atoms with Gasteiger partial charge in [-0.05, 0) is 63.2 Å². The lowest BCUT2D eigenvalue weighted by Gasteiger charge is -2.47. The first-order valence-electron chi connectivity index (χ1n) is 14.3. The summed E-state index contributed by atoms with van der Waals surface area (Å²) in [5.41, 5.74) is 3.28. The van der Waals surface area contributed by atoms with E-state index in [4.69, 9.17) is 40.3 Å². The number of aliphatic hydroxyl groups excluding tert-OH is 1. The van der Waals surface area contributed by atoms with Crippen molar-refractivity contribution in [1.29, 1.82) is 0 Å². The van der Waals surface area contributed by atoms with Crippen molar-refractivity contribution in [3.05, 3.63) is 87.8 Å². The molecule has 1 fully saturated rings. The average Bonchev–Trinajstić information content (AvgIpc) is 3.03. The number of anilines is 1. The molecule has 13 heteroatoms. The van der Waals surface area contributed by atoms with Gasteiger partial charge in [-0.3, -0.25) is 4.79 Å². The molecular formula is C34H32N2O11. The average molecular weight is 645 g/mol. The second kappa shape index (κ2) is 13.1. The summed E-state index contributed by atoms with van der Waals surface area (Å²) >= 11 is 0. The molecule has 2 amide bonds. The van der Waals surface area contributed by atoms with Crippen molar-refractivity contribution in [3.63, 3.8) is 0 Å². The molecule has 1 aliphatic rings. The van der Waals surface area contributed by atoms with E-state index >= 15 is 0 Å². The maximum absolute atomic E-state index is 13.2. The third-order valence-electron chi connectivity index (χ3n) is 7.62. The summed E-state index contributed by atoms with van der Waals surface area (Å²) in [6.45, 7) is 4.86. The molecule has 2 heterocycles. The highest BCUT2D eigenvalue weighted by Gasteiger charge is 2.53.